The normalized spacial score (nSPS) is 19.6. The van der Waals surface area contributed by atoms with Crippen molar-refractivity contribution in [3.63, 3.8) is 0 Å². The average molecular weight is 458 g/mol. The summed E-state index contributed by atoms with van der Waals surface area (Å²) in [6.07, 6.45) is 0.621. The standard InChI is InChI=1S/C24H32ClN5O2/c1-17-20-19(10-11-30(17)16-18-8-6-5-7-9-18)21(27-22(25)26-20)28-12-14-29(15-13-28)23(31)32-24(2,3)4/h5-9,17H,10-16H2,1-4H3. The maximum atomic E-state index is 12.4. The monoisotopic (exact) mass is 457 g/mol. The van der Waals surface area contributed by atoms with Gasteiger partial charge in [-0.2, -0.15) is 0 Å². The number of hydrogen-bond donors (Lipinski definition) is 0. The van der Waals surface area contributed by atoms with Gasteiger partial charge < -0.3 is 14.5 Å². The van der Waals surface area contributed by atoms with Crippen molar-refractivity contribution in [1.29, 1.82) is 0 Å². The van der Waals surface area contributed by atoms with Gasteiger partial charge in [-0.15, -0.1) is 0 Å². The van der Waals surface area contributed by atoms with Crippen molar-refractivity contribution in [1.82, 2.24) is 19.8 Å². The molecule has 1 amide bonds. The van der Waals surface area contributed by atoms with Crippen LogP contribution in [0.15, 0.2) is 30.3 Å². The number of fused-ring (bicyclic) bond motifs is 1. The molecule has 0 aliphatic carbocycles. The highest BCUT2D eigenvalue weighted by Gasteiger charge is 2.32. The fraction of sp³-hybridized carbons (Fsp3) is 0.542. The molecule has 2 aliphatic heterocycles. The molecule has 1 fully saturated rings. The van der Waals surface area contributed by atoms with E-state index in [4.69, 9.17) is 16.3 Å². The number of hydrogen-bond acceptors (Lipinski definition) is 6. The predicted octanol–water partition coefficient (Wildman–Crippen LogP) is 4.31. The van der Waals surface area contributed by atoms with Crippen molar-refractivity contribution < 1.29 is 9.53 Å². The van der Waals surface area contributed by atoms with Crippen LogP contribution in [-0.4, -0.2) is 64.2 Å². The molecule has 4 rings (SSSR count). The van der Waals surface area contributed by atoms with Gasteiger partial charge in [0.1, 0.15) is 11.4 Å². The average Bonchev–Trinajstić information content (AvgIpc) is 2.75. The van der Waals surface area contributed by atoms with E-state index in [2.05, 4.69) is 51.0 Å². The first kappa shape index (κ1) is 22.8. The first-order valence-electron chi connectivity index (χ1n) is 11.3. The van der Waals surface area contributed by atoms with Crippen molar-refractivity contribution >= 4 is 23.5 Å². The van der Waals surface area contributed by atoms with Crippen LogP contribution in [0.2, 0.25) is 5.28 Å². The lowest BCUT2D eigenvalue weighted by atomic mass is 9.98. The third-order valence-electron chi connectivity index (χ3n) is 6.04. The number of ether oxygens (including phenoxy) is 1. The Morgan fingerprint density at radius 2 is 1.78 bits per heavy atom. The smallest absolute Gasteiger partial charge is 0.410 e. The van der Waals surface area contributed by atoms with E-state index in [0.29, 0.717) is 26.2 Å². The maximum absolute atomic E-state index is 12.4. The molecule has 1 unspecified atom stereocenters. The van der Waals surface area contributed by atoms with Gasteiger partial charge in [0.15, 0.2) is 0 Å². The molecule has 0 bridgehead atoms. The van der Waals surface area contributed by atoms with E-state index in [-0.39, 0.29) is 17.4 Å². The van der Waals surface area contributed by atoms with E-state index in [1.807, 2.05) is 26.8 Å². The Balaban J connectivity index is 1.48. The van der Waals surface area contributed by atoms with Crippen LogP contribution in [0.25, 0.3) is 0 Å². The zero-order valence-corrected chi connectivity index (χ0v) is 20.1. The van der Waals surface area contributed by atoms with Crippen LogP contribution in [0, 0.1) is 0 Å². The molecule has 8 heteroatoms. The highest BCUT2D eigenvalue weighted by Crippen LogP contribution is 2.35. The summed E-state index contributed by atoms with van der Waals surface area (Å²) in [6.45, 7) is 12.3. The number of aromatic nitrogens is 2. The zero-order valence-electron chi connectivity index (χ0n) is 19.3. The highest BCUT2D eigenvalue weighted by atomic mass is 35.5. The summed E-state index contributed by atoms with van der Waals surface area (Å²) >= 11 is 6.37. The molecule has 1 saturated heterocycles. The van der Waals surface area contributed by atoms with Crippen molar-refractivity contribution in [2.75, 3.05) is 37.6 Å². The van der Waals surface area contributed by atoms with Crippen LogP contribution in [-0.2, 0) is 17.7 Å². The number of carbonyl (C=O) groups is 1. The second-order valence-electron chi connectivity index (χ2n) is 9.52. The molecule has 2 aromatic rings. The minimum atomic E-state index is -0.491. The summed E-state index contributed by atoms with van der Waals surface area (Å²) in [4.78, 5) is 28.1. The molecule has 172 valence electrons. The van der Waals surface area contributed by atoms with Crippen molar-refractivity contribution in [2.24, 2.45) is 0 Å². The van der Waals surface area contributed by atoms with Crippen LogP contribution < -0.4 is 4.90 Å². The number of halogens is 1. The molecule has 3 heterocycles. The SMILES string of the molecule is CC1c2nc(Cl)nc(N3CCN(C(=O)OC(C)(C)C)CC3)c2CCN1Cc1ccccc1. The van der Waals surface area contributed by atoms with Gasteiger partial charge in [-0.05, 0) is 51.3 Å². The van der Waals surface area contributed by atoms with Crippen LogP contribution in [0.5, 0.6) is 0 Å². The van der Waals surface area contributed by atoms with Gasteiger partial charge in [-0.1, -0.05) is 30.3 Å². The van der Waals surface area contributed by atoms with Crippen molar-refractivity contribution in [2.45, 2.75) is 52.3 Å². The topological polar surface area (TPSA) is 61.8 Å². The van der Waals surface area contributed by atoms with Crippen molar-refractivity contribution in [3.8, 4) is 0 Å². The van der Waals surface area contributed by atoms with Gasteiger partial charge in [0.2, 0.25) is 5.28 Å². The Morgan fingerprint density at radius 1 is 1.09 bits per heavy atom. The molecule has 0 radical (unpaired) electrons. The second kappa shape index (κ2) is 9.24. The summed E-state index contributed by atoms with van der Waals surface area (Å²) in [7, 11) is 0. The van der Waals surface area contributed by atoms with Crippen molar-refractivity contribution in [3.05, 3.63) is 52.4 Å². The van der Waals surface area contributed by atoms with Gasteiger partial charge >= 0.3 is 6.09 Å². The molecule has 1 aromatic heterocycles. The summed E-state index contributed by atoms with van der Waals surface area (Å²) in [5.41, 5.74) is 2.99. The van der Waals surface area contributed by atoms with Gasteiger partial charge in [-0.25, -0.2) is 14.8 Å². The summed E-state index contributed by atoms with van der Waals surface area (Å²) in [5, 5.41) is 0.279. The van der Waals surface area contributed by atoms with Gasteiger partial charge in [0.25, 0.3) is 0 Å². The molecule has 32 heavy (non-hydrogen) atoms. The van der Waals surface area contributed by atoms with Gasteiger partial charge in [0.05, 0.1) is 11.7 Å². The number of rotatable bonds is 3. The lowest BCUT2D eigenvalue weighted by molar-refractivity contribution is 0.0240. The Kier molecular flexibility index (Phi) is 6.58. The van der Waals surface area contributed by atoms with Crippen LogP contribution in [0.4, 0.5) is 10.6 Å². The fourth-order valence-electron chi connectivity index (χ4n) is 4.39. The molecular formula is C24H32ClN5O2. The Labute approximate surface area is 195 Å². The number of carbonyl (C=O) groups excluding carboxylic acids is 1. The number of benzene rings is 1. The number of piperazine rings is 1. The molecular weight excluding hydrogens is 426 g/mol. The predicted molar refractivity (Wildman–Crippen MR) is 126 cm³/mol. The first-order valence-corrected chi connectivity index (χ1v) is 11.7. The van der Waals surface area contributed by atoms with Gasteiger partial charge in [0, 0.05) is 44.8 Å². The Hall–Kier alpha value is -2.38. The number of anilines is 1. The molecule has 1 atom stereocenters. The largest absolute Gasteiger partial charge is 0.444 e. The lowest BCUT2D eigenvalue weighted by Crippen LogP contribution is -2.50. The van der Waals surface area contributed by atoms with Gasteiger partial charge in [-0.3, -0.25) is 4.90 Å². The molecule has 2 aliphatic rings. The number of amides is 1. The molecule has 0 N–H and O–H groups in total. The van der Waals surface area contributed by atoms with Crippen LogP contribution in [0.3, 0.4) is 0 Å². The molecule has 0 saturated carbocycles. The lowest BCUT2D eigenvalue weighted by Gasteiger charge is -2.39. The second-order valence-corrected chi connectivity index (χ2v) is 9.85. The summed E-state index contributed by atoms with van der Waals surface area (Å²) < 4.78 is 5.52. The van der Waals surface area contributed by atoms with E-state index in [1.165, 1.54) is 11.1 Å². The maximum Gasteiger partial charge on any atom is 0.410 e. The van der Waals surface area contributed by atoms with Crippen LogP contribution >= 0.6 is 11.6 Å². The minimum absolute atomic E-state index is 0.154. The molecule has 7 nitrogen and oxygen atoms in total. The molecule has 0 spiro atoms. The highest BCUT2D eigenvalue weighted by molar-refractivity contribution is 6.28. The molecule has 1 aromatic carbocycles. The first-order chi connectivity index (χ1) is 15.2. The minimum Gasteiger partial charge on any atom is -0.444 e. The quantitative estimate of drug-likeness (QED) is 0.640. The zero-order chi connectivity index (χ0) is 22.9. The van der Waals surface area contributed by atoms with E-state index in [0.717, 1.165) is 31.0 Å². The van der Waals surface area contributed by atoms with E-state index in [9.17, 15) is 4.79 Å². The van der Waals surface area contributed by atoms with Crippen LogP contribution in [0.1, 0.15) is 50.6 Å². The van der Waals surface area contributed by atoms with E-state index in [1.54, 1.807) is 4.90 Å². The summed E-state index contributed by atoms with van der Waals surface area (Å²) in [5.74, 6) is 0.912. The Bertz CT molecular complexity index is 955. The Morgan fingerprint density at radius 3 is 2.44 bits per heavy atom. The van der Waals surface area contributed by atoms with E-state index < -0.39 is 5.60 Å². The third kappa shape index (κ3) is 5.15. The fourth-order valence-corrected chi connectivity index (χ4v) is 4.56. The summed E-state index contributed by atoms with van der Waals surface area (Å²) in [6, 6.07) is 10.7. The van der Waals surface area contributed by atoms with E-state index >= 15 is 0 Å². The number of nitrogens with zero attached hydrogens (tertiary/aromatic N) is 5. The third-order valence-corrected chi connectivity index (χ3v) is 6.21.